The highest BCUT2D eigenvalue weighted by Crippen LogP contribution is 2.34. The van der Waals surface area contributed by atoms with Gasteiger partial charge >= 0.3 is 0 Å². The highest BCUT2D eigenvalue weighted by atomic mass is 14.9. The number of nitrogens with zero attached hydrogens (tertiary/aromatic N) is 1. The molecule has 16 heavy (non-hydrogen) atoms. The van der Waals surface area contributed by atoms with E-state index >= 15 is 0 Å². The summed E-state index contributed by atoms with van der Waals surface area (Å²) in [5, 5.41) is 3.73. The van der Waals surface area contributed by atoms with Crippen LogP contribution in [0, 0.1) is 5.92 Å². The molecule has 0 spiro atoms. The lowest BCUT2D eigenvalue weighted by molar-refractivity contribution is 0.413. The van der Waals surface area contributed by atoms with Crippen molar-refractivity contribution in [3.8, 4) is 0 Å². The molecular formula is C14H22N2. The molecule has 1 fully saturated rings. The van der Waals surface area contributed by atoms with Gasteiger partial charge in [0.25, 0.3) is 0 Å². The van der Waals surface area contributed by atoms with Crippen molar-refractivity contribution >= 4 is 0 Å². The highest BCUT2D eigenvalue weighted by Gasteiger charge is 2.24. The first-order valence-corrected chi connectivity index (χ1v) is 6.45. The number of hydrogen-bond donors (Lipinski definition) is 1. The summed E-state index contributed by atoms with van der Waals surface area (Å²) < 4.78 is 0. The fourth-order valence-electron chi connectivity index (χ4n) is 2.31. The molecule has 0 aromatic carbocycles. The van der Waals surface area contributed by atoms with E-state index in [1.807, 2.05) is 12.4 Å². The lowest BCUT2D eigenvalue weighted by atomic mass is 10.0. The Kier molecular flexibility index (Phi) is 3.94. The first-order valence-electron chi connectivity index (χ1n) is 6.45. The van der Waals surface area contributed by atoms with Gasteiger partial charge in [0.05, 0.1) is 0 Å². The van der Waals surface area contributed by atoms with Crippen molar-refractivity contribution in [2.45, 2.75) is 51.6 Å². The number of pyridine rings is 1. The van der Waals surface area contributed by atoms with E-state index in [4.69, 9.17) is 0 Å². The third-order valence-corrected chi connectivity index (χ3v) is 3.39. The minimum atomic E-state index is 0.483. The molecule has 2 nitrogen and oxygen atoms in total. The van der Waals surface area contributed by atoms with Crippen molar-refractivity contribution in [2.24, 2.45) is 5.92 Å². The third-order valence-electron chi connectivity index (χ3n) is 3.39. The predicted molar refractivity (Wildman–Crippen MR) is 67.2 cm³/mol. The van der Waals surface area contributed by atoms with E-state index in [1.54, 1.807) is 0 Å². The Hall–Kier alpha value is -0.890. The molecule has 0 bridgehead atoms. The van der Waals surface area contributed by atoms with E-state index < -0.39 is 0 Å². The van der Waals surface area contributed by atoms with Crippen molar-refractivity contribution in [3.63, 3.8) is 0 Å². The Balaban J connectivity index is 1.89. The van der Waals surface area contributed by atoms with Crippen molar-refractivity contribution in [3.05, 3.63) is 30.1 Å². The second-order valence-corrected chi connectivity index (χ2v) is 4.99. The molecule has 2 heteroatoms. The quantitative estimate of drug-likeness (QED) is 0.792. The lowest BCUT2D eigenvalue weighted by Crippen LogP contribution is -2.30. The summed E-state index contributed by atoms with van der Waals surface area (Å²) in [5.41, 5.74) is 1.36. The van der Waals surface area contributed by atoms with E-state index in [0.29, 0.717) is 12.1 Å². The van der Waals surface area contributed by atoms with E-state index in [1.165, 1.54) is 24.8 Å². The Morgan fingerprint density at radius 1 is 1.38 bits per heavy atom. The van der Waals surface area contributed by atoms with E-state index in [-0.39, 0.29) is 0 Å². The van der Waals surface area contributed by atoms with Crippen molar-refractivity contribution < 1.29 is 0 Å². The van der Waals surface area contributed by atoms with E-state index in [0.717, 1.165) is 12.3 Å². The molecule has 88 valence electrons. The molecule has 1 aliphatic carbocycles. The van der Waals surface area contributed by atoms with Crippen LogP contribution in [0.1, 0.15) is 51.1 Å². The molecule has 0 radical (unpaired) electrons. The molecule has 0 amide bonds. The molecule has 1 N–H and O–H groups in total. The Morgan fingerprint density at radius 2 is 2.06 bits per heavy atom. The second kappa shape index (κ2) is 5.44. The smallest absolute Gasteiger partial charge is 0.0321 e. The van der Waals surface area contributed by atoms with Crippen molar-refractivity contribution in [1.29, 1.82) is 0 Å². The summed E-state index contributed by atoms with van der Waals surface area (Å²) in [6.45, 7) is 4.55. The van der Waals surface area contributed by atoms with Gasteiger partial charge in [-0.1, -0.05) is 19.8 Å². The van der Waals surface area contributed by atoms with Crippen LogP contribution in [0.2, 0.25) is 0 Å². The van der Waals surface area contributed by atoms with Gasteiger partial charge < -0.3 is 5.32 Å². The summed E-state index contributed by atoms with van der Waals surface area (Å²) in [5.74, 6) is 0.998. The predicted octanol–water partition coefficient (Wildman–Crippen LogP) is 3.31. The summed E-state index contributed by atoms with van der Waals surface area (Å²) in [6, 6.07) is 5.35. The van der Waals surface area contributed by atoms with Gasteiger partial charge in [0.1, 0.15) is 0 Å². The molecule has 1 aliphatic rings. The maximum Gasteiger partial charge on any atom is 0.0321 e. The summed E-state index contributed by atoms with van der Waals surface area (Å²) >= 11 is 0. The Labute approximate surface area is 98.5 Å². The standard InChI is InChI=1S/C14H22N2/c1-3-14(13-6-8-15-9-7-13)16-11(2)10-12-4-5-12/h6-9,11-12,14,16H,3-5,10H2,1-2H3. The molecule has 0 saturated heterocycles. The van der Waals surface area contributed by atoms with Gasteiger partial charge in [-0.2, -0.15) is 0 Å². The monoisotopic (exact) mass is 218 g/mol. The molecule has 2 unspecified atom stereocenters. The minimum absolute atomic E-state index is 0.483. The first kappa shape index (κ1) is 11.6. The zero-order valence-corrected chi connectivity index (χ0v) is 10.3. The summed E-state index contributed by atoms with van der Waals surface area (Å²) in [4.78, 5) is 4.07. The molecule has 1 heterocycles. The van der Waals surface area contributed by atoms with Crippen LogP contribution in [-0.2, 0) is 0 Å². The molecule has 1 saturated carbocycles. The average Bonchev–Trinajstić information content (AvgIpc) is 3.11. The molecule has 0 aliphatic heterocycles. The topological polar surface area (TPSA) is 24.9 Å². The van der Waals surface area contributed by atoms with Gasteiger partial charge in [-0.15, -0.1) is 0 Å². The van der Waals surface area contributed by atoms with Crippen LogP contribution in [0.3, 0.4) is 0 Å². The van der Waals surface area contributed by atoms with Crippen LogP contribution < -0.4 is 5.32 Å². The average molecular weight is 218 g/mol. The van der Waals surface area contributed by atoms with E-state index in [2.05, 4.69) is 36.3 Å². The maximum atomic E-state index is 4.07. The van der Waals surface area contributed by atoms with Gasteiger partial charge in [-0.25, -0.2) is 0 Å². The fraction of sp³-hybridized carbons (Fsp3) is 0.643. The minimum Gasteiger partial charge on any atom is -0.307 e. The van der Waals surface area contributed by atoms with Crippen molar-refractivity contribution in [1.82, 2.24) is 10.3 Å². The second-order valence-electron chi connectivity index (χ2n) is 4.99. The third kappa shape index (κ3) is 3.31. The van der Waals surface area contributed by atoms with Gasteiger partial charge in [0.15, 0.2) is 0 Å². The summed E-state index contributed by atoms with van der Waals surface area (Å²) in [6.07, 6.45) is 9.12. The van der Waals surface area contributed by atoms with Crippen LogP contribution in [0.15, 0.2) is 24.5 Å². The number of hydrogen-bond acceptors (Lipinski definition) is 2. The van der Waals surface area contributed by atoms with Gasteiger partial charge in [0, 0.05) is 24.5 Å². The van der Waals surface area contributed by atoms with Crippen LogP contribution in [0.4, 0.5) is 0 Å². The SMILES string of the molecule is CCC(NC(C)CC1CC1)c1ccncc1. The molecule has 1 aromatic heterocycles. The number of rotatable bonds is 6. The van der Waals surface area contributed by atoms with Gasteiger partial charge in [-0.3, -0.25) is 4.98 Å². The summed E-state index contributed by atoms with van der Waals surface area (Å²) in [7, 11) is 0. The van der Waals surface area contributed by atoms with Crippen LogP contribution >= 0.6 is 0 Å². The zero-order valence-electron chi connectivity index (χ0n) is 10.3. The van der Waals surface area contributed by atoms with Crippen LogP contribution in [0.5, 0.6) is 0 Å². The maximum absolute atomic E-state index is 4.07. The Bertz CT molecular complexity index is 306. The number of nitrogens with one attached hydrogen (secondary N) is 1. The largest absolute Gasteiger partial charge is 0.307 e. The van der Waals surface area contributed by atoms with Crippen LogP contribution in [0.25, 0.3) is 0 Å². The highest BCUT2D eigenvalue weighted by molar-refractivity contribution is 5.14. The van der Waals surface area contributed by atoms with Crippen molar-refractivity contribution in [2.75, 3.05) is 0 Å². The van der Waals surface area contributed by atoms with Crippen LogP contribution in [-0.4, -0.2) is 11.0 Å². The van der Waals surface area contributed by atoms with E-state index in [9.17, 15) is 0 Å². The zero-order chi connectivity index (χ0) is 11.4. The molecule has 2 rings (SSSR count). The normalized spacial score (nSPS) is 19.4. The first-order chi connectivity index (χ1) is 7.79. The molecular weight excluding hydrogens is 196 g/mol. The lowest BCUT2D eigenvalue weighted by Gasteiger charge is -2.22. The Morgan fingerprint density at radius 3 is 2.62 bits per heavy atom. The molecule has 2 atom stereocenters. The fourth-order valence-corrected chi connectivity index (χ4v) is 2.31. The molecule has 1 aromatic rings. The number of aromatic nitrogens is 1. The van der Waals surface area contributed by atoms with Gasteiger partial charge in [0.2, 0.25) is 0 Å². The van der Waals surface area contributed by atoms with Gasteiger partial charge in [-0.05, 0) is 43.4 Å².